The first-order chi connectivity index (χ1) is 14.1. The Kier molecular flexibility index (Phi) is 7.49. The third kappa shape index (κ3) is 5.95. The van der Waals surface area contributed by atoms with Crippen molar-refractivity contribution >= 4 is 35.3 Å². The summed E-state index contributed by atoms with van der Waals surface area (Å²) >= 11 is 1.46. The van der Waals surface area contributed by atoms with Gasteiger partial charge in [-0.05, 0) is 42.3 Å². The number of carbonyl (C=O) groups is 2. The molecule has 2 aromatic carbocycles. The van der Waals surface area contributed by atoms with Crippen LogP contribution in [0.15, 0.2) is 58.3 Å². The lowest BCUT2D eigenvalue weighted by Gasteiger charge is -2.18. The van der Waals surface area contributed by atoms with Crippen molar-refractivity contribution in [2.45, 2.75) is 24.7 Å². The van der Waals surface area contributed by atoms with E-state index >= 15 is 0 Å². The predicted molar refractivity (Wildman–Crippen MR) is 119 cm³/mol. The summed E-state index contributed by atoms with van der Waals surface area (Å²) in [4.78, 5) is 27.7. The molecule has 0 spiro atoms. The minimum atomic E-state index is -0.106. The predicted octanol–water partition coefficient (Wildman–Crippen LogP) is 2.82. The summed E-state index contributed by atoms with van der Waals surface area (Å²) in [5.74, 6) is -0.170. The van der Waals surface area contributed by atoms with Gasteiger partial charge in [0, 0.05) is 10.5 Å². The number of hydrogen-bond acceptors (Lipinski definition) is 3. The van der Waals surface area contributed by atoms with E-state index < -0.39 is 0 Å². The Morgan fingerprint density at radius 1 is 1.14 bits per heavy atom. The summed E-state index contributed by atoms with van der Waals surface area (Å²) in [6.45, 7) is 4.90. The second-order valence-electron chi connectivity index (χ2n) is 7.25. The summed E-state index contributed by atoms with van der Waals surface area (Å²) in [6, 6.07) is 15.1. The van der Waals surface area contributed by atoms with Crippen LogP contribution in [0.2, 0.25) is 0 Å². The van der Waals surface area contributed by atoms with Crippen LogP contribution in [-0.2, 0) is 4.79 Å². The Labute approximate surface area is 176 Å². The third-order valence-electron chi connectivity index (χ3n) is 4.84. The van der Waals surface area contributed by atoms with Crippen molar-refractivity contribution in [3.8, 4) is 0 Å². The molecular weight excluding hydrogens is 382 g/mol. The highest BCUT2D eigenvalue weighted by Gasteiger charge is 2.20. The molecule has 5 nitrogen and oxygen atoms in total. The molecule has 3 N–H and O–H groups in total. The summed E-state index contributed by atoms with van der Waals surface area (Å²) in [5, 5.41) is 5.89. The first-order valence-corrected chi connectivity index (χ1v) is 10.9. The minimum Gasteiger partial charge on any atom is -0.346 e. The van der Waals surface area contributed by atoms with E-state index in [4.69, 9.17) is 0 Å². The lowest BCUT2D eigenvalue weighted by atomic mass is 10.1. The van der Waals surface area contributed by atoms with Gasteiger partial charge in [0.2, 0.25) is 0 Å². The van der Waals surface area contributed by atoms with Crippen LogP contribution in [0.1, 0.15) is 35.7 Å². The quantitative estimate of drug-likeness (QED) is 0.587. The fourth-order valence-corrected chi connectivity index (χ4v) is 4.03. The van der Waals surface area contributed by atoms with Crippen LogP contribution < -0.4 is 15.5 Å². The molecule has 0 bridgehead atoms. The summed E-state index contributed by atoms with van der Waals surface area (Å²) in [7, 11) is 2.15. The molecule has 1 heterocycles. The van der Waals surface area contributed by atoms with Crippen LogP contribution in [0, 0.1) is 0 Å². The lowest BCUT2D eigenvalue weighted by molar-refractivity contribution is -0.878. The molecular formula is C23H28N3O2S+. The smallest absolute Gasteiger partial charge is 0.262 e. The number of rotatable bonds is 8. The number of likely N-dealkylation sites (N-methyl/N-ethyl adjacent to an activating group) is 1. The Balaban J connectivity index is 1.57. The molecule has 1 atom stereocenters. The maximum absolute atomic E-state index is 12.3. The van der Waals surface area contributed by atoms with Gasteiger partial charge in [0.15, 0.2) is 0 Å². The van der Waals surface area contributed by atoms with Gasteiger partial charge in [-0.25, -0.2) is 0 Å². The summed E-state index contributed by atoms with van der Waals surface area (Å²) < 4.78 is 0. The first-order valence-electron chi connectivity index (χ1n) is 10.1. The van der Waals surface area contributed by atoms with Gasteiger partial charge < -0.3 is 15.5 Å². The second kappa shape index (κ2) is 10.3. The number of benzene rings is 2. The van der Waals surface area contributed by atoms with Crippen LogP contribution >= 0.6 is 11.8 Å². The van der Waals surface area contributed by atoms with Crippen LogP contribution in [-0.4, -0.2) is 38.5 Å². The number of thioether (sulfide) groups is 1. The average Bonchev–Trinajstić information content (AvgIpc) is 2.73. The van der Waals surface area contributed by atoms with Crippen molar-refractivity contribution in [3.63, 3.8) is 0 Å². The highest BCUT2D eigenvalue weighted by molar-refractivity contribution is 8.04. The van der Waals surface area contributed by atoms with E-state index in [2.05, 4.69) is 24.6 Å². The number of fused-ring (bicyclic) bond motifs is 1. The fraction of sp³-hybridized carbons (Fsp3) is 0.304. The number of unbranched alkanes of at least 4 members (excludes halogenated alkanes) is 1. The van der Waals surface area contributed by atoms with E-state index in [1.165, 1.54) is 29.5 Å². The SMILES string of the molecule is CCCC[NH+](C)CCNC(=O)c1ccc(C=C2Sc3ccccc3NC2=O)cc1. The van der Waals surface area contributed by atoms with Gasteiger partial charge in [-0.1, -0.05) is 49.4 Å². The van der Waals surface area contributed by atoms with Gasteiger partial charge in [0.25, 0.3) is 11.8 Å². The summed E-state index contributed by atoms with van der Waals surface area (Å²) in [6.07, 6.45) is 4.25. The molecule has 6 heteroatoms. The van der Waals surface area contributed by atoms with E-state index in [9.17, 15) is 9.59 Å². The van der Waals surface area contributed by atoms with Gasteiger partial charge in [0.1, 0.15) is 0 Å². The maximum Gasteiger partial charge on any atom is 0.262 e. The number of para-hydroxylation sites is 1. The standard InChI is InChI=1S/C23H27N3O2S/c1-3-4-14-26(2)15-13-24-22(27)18-11-9-17(10-12-18)16-21-23(28)25-19-7-5-6-8-20(19)29-21/h5-12,16H,3-4,13-15H2,1-2H3,(H,24,27)(H,25,28)/p+1. The van der Waals surface area contributed by atoms with Crippen LogP contribution in [0.25, 0.3) is 6.08 Å². The van der Waals surface area contributed by atoms with Crippen molar-refractivity contribution in [1.82, 2.24) is 5.32 Å². The van der Waals surface area contributed by atoms with Crippen LogP contribution in [0.4, 0.5) is 5.69 Å². The Bertz CT molecular complexity index is 893. The molecule has 29 heavy (non-hydrogen) atoms. The minimum absolute atomic E-state index is 0.0637. The number of carbonyl (C=O) groups excluding carboxylic acids is 2. The van der Waals surface area contributed by atoms with Crippen LogP contribution in [0.3, 0.4) is 0 Å². The van der Waals surface area contributed by atoms with E-state index in [1.807, 2.05) is 42.5 Å². The lowest BCUT2D eigenvalue weighted by Crippen LogP contribution is -3.09. The zero-order chi connectivity index (χ0) is 20.6. The second-order valence-corrected chi connectivity index (χ2v) is 8.33. The van der Waals surface area contributed by atoms with Crippen LogP contribution in [0.5, 0.6) is 0 Å². The van der Waals surface area contributed by atoms with Crippen molar-refractivity contribution in [3.05, 3.63) is 64.6 Å². The molecule has 1 unspecified atom stereocenters. The highest BCUT2D eigenvalue weighted by Crippen LogP contribution is 2.38. The third-order valence-corrected chi connectivity index (χ3v) is 5.94. The molecule has 0 aromatic heterocycles. The number of hydrogen-bond donors (Lipinski definition) is 3. The molecule has 0 saturated heterocycles. The van der Waals surface area contributed by atoms with Crippen molar-refractivity contribution in [2.24, 2.45) is 0 Å². The van der Waals surface area contributed by atoms with E-state index in [0.717, 1.165) is 29.2 Å². The van der Waals surface area contributed by atoms with Crippen molar-refractivity contribution in [1.29, 1.82) is 0 Å². The average molecular weight is 411 g/mol. The van der Waals surface area contributed by atoms with Gasteiger partial charge >= 0.3 is 0 Å². The number of quaternary nitrogens is 1. The first kappa shape index (κ1) is 21.1. The normalized spacial score (nSPS) is 15.5. The zero-order valence-corrected chi connectivity index (χ0v) is 17.8. The van der Waals surface area contributed by atoms with Gasteiger partial charge in [-0.3, -0.25) is 9.59 Å². The van der Waals surface area contributed by atoms with E-state index in [1.54, 1.807) is 12.1 Å². The molecule has 1 aliphatic rings. The van der Waals surface area contributed by atoms with Gasteiger partial charge in [-0.15, -0.1) is 0 Å². The highest BCUT2D eigenvalue weighted by atomic mass is 32.2. The fourth-order valence-electron chi connectivity index (χ4n) is 3.08. The Morgan fingerprint density at radius 2 is 1.90 bits per heavy atom. The Hall–Kier alpha value is -2.57. The maximum atomic E-state index is 12.3. The molecule has 0 radical (unpaired) electrons. The molecule has 2 aromatic rings. The van der Waals surface area contributed by atoms with Crippen molar-refractivity contribution < 1.29 is 14.5 Å². The topological polar surface area (TPSA) is 62.6 Å². The van der Waals surface area contributed by atoms with Gasteiger partial charge in [0.05, 0.1) is 37.3 Å². The monoisotopic (exact) mass is 410 g/mol. The number of amides is 2. The number of anilines is 1. The molecule has 3 rings (SSSR count). The zero-order valence-electron chi connectivity index (χ0n) is 17.0. The molecule has 2 amide bonds. The van der Waals surface area contributed by atoms with E-state index in [-0.39, 0.29) is 11.8 Å². The molecule has 0 aliphatic carbocycles. The molecule has 152 valence electrons. The summed E-state index contributed by atoms with van der Waals surface area (Å²) in [5.41, 5.74) is 2.36. The Morgan fingerprint density at radius 3 is 2.66 bits per heavy atom. The molecule has 0 saturated carbocycles. The van der Waals surface area contributed by atoms with Crippen molar-refractivity contribution in [2.75, 3.05) is 32.0 Å². The number of nitrogens with one attached hydrogen (secondary N) is 3. The van der Waals surface area contributed by atoms with E-state index in [0.29, 0.717) is 17.0 Å². The largest absolute Gasteiger partial charge is 0.346 e. The van der Waals surface area contributed by atoms with Gasteiger partial charge in [-0.2, -0.15) is 0 Å². The molecule has 0 fully saturated rings. The molecule has 1 aliphatic heterocycles.